The normalized spacial score (nSPS) is 7.40. The van der Waals surface area contributed by atoms with Gasteiger partial charge in [-0.15, -0.1) is 0 Å². The van der Waals surface area contributed by atoms with Gasteiger partial charge < -0.3 is 0 Å². The number of hydrogen-bond donors (Lipinski definition) is 0. The van der Waals surface area contributed by atoms with Crippen molar-refractivity contribution in [1.82, 2.24) is 9.97 Å². The highest BCUT2D eigenvalue weighted by Gasteiger charge is 1.78. The summed E-state index contributed by atoms with van der Waals surface area (Å²) in [5.41, 5.74) is 0.861. The molecule has 0 amide bonds. The summed E-state index contributed by atoms with van der Waals surface area (Å²) >= 11 is 0. The van der Waals surface area contributed by atoms with E-state index in [2.05, 4.69) is 16.5 Å². The van der Waals surface area contributed by atoms with Crippen LogP contribution in [0.25, 0.3) is 6.08 Å². The molecule has 2 nitrogen and oxygen atoms in total. The molecule has 0 aliphatic heterocycles. The third-order valence-corrected chi connectivity index (χ3v) is 0.814. The molecule has 0 atom stereocenters. The van der Waals surface area contributed by atoms with E-state index >= 15 is 0 Å². The highest BCUT2D eigenvalue weighted by atomic mass is 14.8. The minimum atomic E-state index is 0.861. The lowest BCUT2D eigenvalue weighted by Crippen LogP contribution is -1.77. The molecule has 10 heavy (non-hydrogen) atoms. The Bertz CT molecular complexity index is 170. The summed E-state index contributed by atoms with van der Waals surface area (Å²) < 4.78 is 0. The van der Waals surface area contributed by atoms with E-state index < -0.39 is 0 Å². The predicted octanol–water partition coefficient (Wildman–Crippen LogP) is 2.15. The van der Waals surface area contributed by atoms with E-state index in [-0.39, 0.29) is 0 Å². The highest BCUT2D eigenvalue weighted by molar-refractivity contribution is 5.39. The molecule has 0 spiro atoms. The Kier molecular flexibility index (Phi) is 5.25. The molecule has 0 aliphatic carbocycles. The van der Waals surface area contributed by atoms with Crippen LogP contribution >= 0.6 is 0 Å². The van der Waals surface area contributed by atoms with Gasteiger partial charge in [-0.05, 0) is 12.1 Å². The maximum absolute atomic E-state index is 3.87. The van der Waals surface area contributed by atoms with Crippen molar-refractivity contribution in [2.75, 3.05) is 0 Å². The van der Waals surface area contributed by atoms with Crippen LogP contribution < -0.4 is 0 Å². The topological polar surface area (TPSA) is 25.8 Å². The Morgan fingerprint density at radius 3 is 2.50 bits per heavy atom. The maximum Gasteiger partial charge on any atom is 0.115 e. The lowest BCUT2D eigenvalue weighted by Gasteiger charge is -1.83. The molecule has 0 radical (unpaired) electrons. The van der Waals surface area contributed by atoms with Crippen LogP contribution in [0, 0.1) is 0 Å². The molecule has 1 aromatic rings. The first-order valence-electron chi connectivity index (χ1n) is 3.32. The second-order valence-corrected chi connectivity index (χ2v) is 1.34. The van der Waals surface area contributed by atoms with Crippen LogP contribution in [0.2, 0.25) is 0 Å². The molecule has 0 fully saturated rings. The molecule has 1 rings (SSSR count). The Morgan fingerprint density at radius 2 is 2.20 bits per heavy atom. The predicted molar refractivity (Wildman–Crippen MR) is 43.5 cm³/mol. The van der Waals surface area contributed by atoms with Gasteiger partial charge in [-0.2, -0.15) is 0 Å². The average molecular weight is 136 g/mol. The minimum Gasteiger partial charge on any atom is -0.245 e. The first kappa shape index (κ1) is 8.82. The van der Waals surface area contributed by atoms with E-state index in [9.17, 15) is 0 Å². The van der Waals surface area contributed by atoms with Gasteiger partial charge >= 0.3 is 0 Å². The van der Waals surface area contributed by atoms with Gasteiger partial charge in [-0.25, -0.2) is 9.97 Å². The number of hydrogen-bond acceptors (Lipinski definition) is 2. The number of nitrogens with zero attached hydrogens (tertiary/aromatic N) is 2. The molecule has 54 valence electrons. The molecule has 0 bridgehead atoms. The maximum atomic E-state index is 3.87. The summed E-state index contributed by atoms with van der Waals surface area (Å²) in [7, 11) is 0. The van der Waals surface area contributed by atoms with Crippen LogP contribution in [0.1, 0.15) is 19.5 Å². The van der Waals surface area contributed by atoms with E-state index in [4.69, 9.17) is 0 Å². The van der Waals surface area contributed by atoms with Crippen LogP contribution in [-0.2, 0) is 0 Å². The summed E-state index contributed by atoms with van der Waals surface area (Å²) in [4.78, 5) is 7.60. The molecule has 0 N–H and O–H groups in total. The second kappa shape index (κ2) is 5.95. The van der Waals surface area contributed by atoms with Crippen LogP contribution in [-0.4, -0.2) is 9.97 Å². The molecule has 1 aromatic heterocycles. The van der Waals surface area contributed by atoms with E-state index in [1.807, 2.05) is 13.8 Å². The molecular formula is C8H12N2. The Balaban J connectivity index is 0.000000371. The van der Waals surface area contributed by atoms with Gasteiger partial charge in [-0.3, -0.25) is 0 Å². The van der Waals surface area contributed by atoms with Crippen molar-refractivity contribution >= 4 is 6.08 Å². The SMILES string of the molecule is C=Cc1ccncn1.CC. The third kappa shape index (κ3) is 2.97. The minimum absolute atomic E-state index is 0.861. The molecule has 0 saturated carbocycles. The third-order valence-electron chi connectivity index (χ3n) is 0.814. The van der Waals surface area contributed by atoms with Crippen LogP contribution in [0.4, 0.5) is 0 Å². The van der Waals surface area contributed by atoms with E-state index in [0.717, 1.165) is 5.69 Å². The first-order chi connectivity index (χ1) is 4.93. The molecule has 0 unspecified atom stereocenters. The van der Waals surface area contributed by atoms with Gasteiger partial charge in [0.15, 0.2) is 0 Å². The van der Waals surface area contributed by atoms with Crippen LogP contribution in [0.3, 0.4) is 0 Å². The smallest absolute Gasteiger partial charge is 0.115 e. The van der Waals surface area contributed by atoms with Crippen LogP contribution in [0.5, 0.6) is 0 Å². The quantitative estimate of drug-likeness (QED) is 0.591. The van der Waals surface area contributed by atoms with Crippen molar-refractivity contribution in [2.24, 2.45) is 0 Å². The second-order valence-electron chi connectivity index (χ2n) is 1.34. The van der Waals surface area contributed by atoms with Gasteiger partial charge in [0.05, 0.1) is 5.69 Å². The van der Waals surface area contributed by atoms with Crippen molar-refractivity contribution in [3.8, 4) is 0 Å². The molecule has 0 aromatic carbocycles. The summed E-state index contributed by atoms with van der Waals surface area (Å²) in [5.74, 6) is 0. The summed E-state index contributed by atoms with van der Waals surface area (Å²) in [5, 5.41) is 0. The lowest BCUT2D eigenvalue weighted by molar-refractivity contribution is 1.15. The summed E-state index contributed by atoms with van der Waals surface area (Å²) in [6, 6.07) is 1.80. The zero-order valence-electron chi connectivity index (χ0n) is 6.41. The van der Waals surface area contributed by atoms with Crippen molar-refractivity contribution in [3.63, 3.8) is 0 Å². The van der Waals surface area contributed by atoms with Crippen molar-refractivity contribution in [1.29, 1.82) is 0 Å². The molecule has 0 aliphatic rings. The van der Waals surface area contributed by atoms with Gasteiger partial charge in [-0.1, -0.05) is 20.4 Å². The number of rotatable bonds is 1. The van der Waals surface area contributed by atoms with Gasteiger partial charge in [0.2, 0.25) is 0 Å². The molecule has 0 saturated heterocycles. The van der Waals surface area contributed by atoms with E-state index in [1.165, 1.54) is 6.33 Å². The summed E-state index contributed by atoms with van der Waals surface area (Å²) in [6.07, 6.45) is 4.86. The zero-order valence-corrected chi connectivity index (χ0v) is 6.41. The first-order valence-corrected chi connectivity index (χ1v) is 3.32. The molecular weight excluding hydrogens is 124 g/mol. The lowest BCUT2D eigenvalue weighted by atomic mass is 10.4. The molecule has 2 heteroatoms. The highest BCUT2D eigenvalue weighted by Crippen LogP contribution is 1.89. The van der Waals surface area contributed by atoms with Crippen molar-refractivity contribution < 1.29 is 0 Å². The largest absolute Gasteiger partial charge is 0.245 e. The van der Waals surface area contributed by atoms with Crippen molar-refractivity contribution in [3.05, 3.63) is 30.9 Å². The monoisotopic (exact) mass is 136 g/mol. The Labute approximate surface area is 61.6 Å². The fourth-order valence-corrected chi connectivity index (χ4v) is 0.422. The summed E-state index contributed by atoms with van der Waals surface area (Å²) in [6.45, 7) is 7.54. The molecule has 1 heterocycles. The standard InChI is InChI=1S/C6H6N2.C2H6/c1-2-6-3-4-7-5-8-6;1-2/h2-5H,1H2;1-2H3. The fraction of sp³-hybridized carbons (Fsp3) is 0.250. The average Bonchev–Trinajstić information content (AvgIpc) is 2.10. The Hall–Kier alpha value is -1.18. The van der Waals surface area contributed by atoms with E-state index in [0.29, 0.717) is 0 Å². The number of aromatic nitrogens is 2. The van der Waals surface area contributed by atoms with Gasteiger partial charge in [0, 0.05) is 6.20 Å². The van der Waals surface area contributed by atoms with E-state index in [1.54, 1.807) is 18.3 Å². The Morgan fingerprint density at radius 1 is 1.50 bits per heavy atom. The van der Waals surface area contributed by atoms with Crippen molar-refractivity contribution in [2.45, 2.75) is 13.8 Å². The van der Waals surface area contributed by atoms with Gasteiger partial charge in [0.1, 0.15) is 6.33 Å². The zero-order chi connectivity index (χ0) is 7.82. The van der Waals surface area contributed by atoms with Crippen LogP contribution in [0.15, 0.2) is 25.2 Å². The van der Waals surface area contributed by atoms with Gasteiger partial charge in [0.25, 0.3) is 0 Å². The fourth-order valence-electron chi connectivity index (χ4n) is 0.422.